The molecule has 1 aromatic rings. The largest absolute Gasteiger partial charge is 0.445 e. The van der Waals surface area contributed by atoms with Gasteiger partial charge in [-0.15, -0.1) is 11.3 Å². The third-order valence-corrected chi connectivity index (χ3v) is 3.34. The standard InChI is InChI=1S/C12H14N2O4S/c1-2-5-17-11(15)13-7-9-8-14(12(16)18-9)10-4-3-6-19-10/h2-4,6,9H,1,5,7-8H2,(H,13,15). The molecule has 2 rings (SSSR count). The molecular weight excluding hydrogens is 268 g/mol. The molecule has 19 heavy (non-hydrogen) atoms. The number of hydrogen-bond acceptors (Lipinski definition) is 5. The van der Waals surface area contributed by atoms with Crippen molar-refractivity contribution in [2.75, 3.05) is 24.6 Å². The Morgan fingerprint density at radius 3 is 3.26 bits per heavy atom. The van der Waals surface area contributed by atoms with Crippen LogP contribution < -0.4 is 10.2 Å². The highest BCUT2D eigenvalue weighted by atomic mass is 32.1. The monoisotopic (exact) mass is 282 g/mol. The highest BCUT2D eigenvalue weighted by Gasteiger charge is 2.32. The van der Waals surface area contributed by atoms with Gasteiger partial charge in [-0.1, -0.05) is 12.7 Å². The zero-order chi connectivity index (χ0) is 13.7. The number of cyclic esters (lactones) is 1. The highest BCUT2D eigenvalue weighted by molar-refractivity contribution is 7.14. The molecule has 0 radical (unpaired) electrons. The molecule has 0 spiro atoms. The van der Waals surface area contributed by atoms with Gasteiger partial charge in [0.2, 0.25) is 0 Å². The van der Waals surface area contributed by atoms with Gasteiger partial charge >= 0.3 is 12.2 Å². The van der Waals surface area contributed by atoms with Gasteiger partial charge in [0.05, 0.1) is 13.1 Å². The van der Waals surface area contributed by atoms with Crippen molar-refractivity contribution in [3.8, 4) is 0 Å². The lowest BCUT2D eigenvalue weighted by atomic mass is 10.3. The molecular formula is C12H14N2O4S. The fraction of sp³-hybridized carbons (Fsp3) is 0.333. The van der Waals surface area contributed by atoms with E-state index in [1.165, 1.54) is 17.4 Å². The van der Waals surface area contributed by atoms with Crippen molar-refractivity contribution < 1.29 is 19.1 Å². The van der Waals surface area contributed by atoms with Crippen LogP contribution in [0.2, 0.25) is 0 Å². The number of carbonyl (C=O) groups excluding carboxylic acids is 2. The smallest absolute Gasteiger partial charge is 0.415 e. The number of alkyl carbamates (subject to hydrolysis) is 1. The second-order valence-electron chi connectivity index (χ2n) is 3.84. The van der Waals surface area contributed by atoms with Crippen LogP contribution in [0, 0.1) is 0 Å². The number of nitrogens with one attached hydrogen (secondary N) is 1. The third-order valence-electron chi connectivity index (χ3n) is 2.45. The molecule has 1 fully saturated rings. The van der Waals surface area contributed by atoms with Gasteiger partial charge in [-0.3, -0.25) is 4.90 Å². The van der Waals surface area contributed by atoms with E-state index in [0.29, 0.717) is 6.54 Å². The first-order chi connectivity index (χ1) is 9.20. The number of amides is 2. The number of nitrogens with zero attached hydrogens (tertiary/aromatic N) is 1. The van der Waals surface area contributed by atoms with E-state index < -0.39 is 12.2 Å². The van der Waals surface area contributed by atoms with Crippen molar-refractivity contribution in [2.45, 2.75) is 6.10 Å². The molecule has 0 bridgehead atoms. The molecule has 7 heteroatoms. The average Bonchev–Trinajstić information content (AvgIpc) is 3.02. The topological polar surface area (TPSA) is 67.9 Å². The summed E-state index contributed by atoms with van der Waals surface area (Å²) in [6.45, 7) is 4.23. The van der Waals surface area contributed by atoms with E-state index in [1.54, 1.807) is 4.90 Å². The molecule has 1 aliphatic heterocycles. The molecule has 0 aromatic carbocycles. The van der Waals surface area contributed by atoms with Gasteiger partial charge in [0.15, 0.2) is 0 Å². The Bertz CT molecular complexity index is 460. The van der Waals surface area contributed by atoms with Crippen LogP contribution in [0.4, 0.5) is 14.6 Å². The summed E-state index contributed by atoms with van der Waals surface area (Å²) < 4.78 is 9.91. The van der Waals surface area contributed by atoms with Crippen LogP contribution in [-0.2, 0) is 9.47 Å². The van der Waals surface area contributed by atoms with Gasteiger partial charge < -0.3 is 14.8 Å². The van der Waals surface area contributed by atoms with E-state index in [9.17, 15) is 9.59 Å². The number of ether oxygens (including phenoxy) is 2. The van der Waals surface area contributed by atoms with Crippen LogP contribution in [-0.4, -0.2) is 38.0 Å². The second kappa shape index (κ2) is 6.24. The summed E-state index contributed by atoms with van der Waals surface area (Å²) in [6.07, 6.45) is 0.165. The molecule has 2 amide bonds. The predicted octanol–water partition coefficient (Wildman–Crippen LogP) is 1.99. The number of hydrogen-bond donors (Lipinski definition) is 1. The SMILES string of the molecule is C=CCOC(=O)NCC1CN(c2cccs2)C(=O)O1. The van der Waals surface area contributed by atoms with Crippen LogP contribution >= 0.6 is 11.3 Å². The van der Waals surface area contributed by atoms with Crippen molar-refractivity contribution in [3.05, 3.63) is 30.2 Å². The van der Waals surface area contributed by atoms with Crippen LogP contribution in [0.25, 0.3) is 0 Å². The van der Waals surface area contributed by atoms with E-state index >= 15 is 0 Å². The quantitative estimate of drug-likeness (QED) is 0.839. The molecule has 1 unspecified atom stereocenters. The molecule has 1 aliphatic rings. The van der Waals surface area contributed by atoms with Gasteiger partial charge in [-0.25, -0.2) is 9.59 Å². The summed E-state index contributed by atoms with van der Waals surface area (Å²) in [5, 5.41) is 5.26. The van der Waals surface area contributed by atoms with Crippen molar-refractivity contribution in [3.63, 3.8) is 0 Å². The summed E-state index contributed by atoms with van der Waals surface area (Å²) in [4.78, 5) is 24.4. The summed E-state index contributed by atoms with van der Waals surface area (Å²) in [5.74, 6) is 0. The maximum absolute atomic E-state index is 11.7. The number of rotatable bonds is 5. The molecule has 2 heterocycles. The maximum Gasteiger partial charge on any atom is 0.415 e. The summed E-state index contributed by atoms with van der Waals surface area (Å²) in [5.41, 5.74) is 0. The zero-order valence-electron chi connectivity index (χ0n) is 10.2. The molecule has 1 N–H and O–H groups in total. The lowest BCUT2D eigenvalue weighted by molar-refractivity contribution is 0.129. The predicted molar refractivity (Wildman–Crippen MR) is 71.5 cm³/mol. The van der Waals surface area contributed by atoms with Crippen LogP contribution in [0.3, 0.4) is 0 Å². The minimum atomic E-state index is -0.550. The van der Waals surface area contributed by atoms with Gasteiger partial charge in [0.1, 0.15) is 17.7 Å². The van der Waals surface area contributed by atoms with Gasteiger partial charge in [-0.05, 0) is 17.5 Å². The molecule has 1 atom stereocenters. The Labute approximate surface area is 114 Å². The fourth-order valence-electron chi connectivity index (χ4n) is 1.61. The number of carbonyl (C=O) groups is 2. The van der Waals surface area contributed by atoms with Gasteiger partial charge in [0, 0.05) is 0 Å². The first-order valence-electron chi connectivity index (χ1n) is 5.74. The Morgan fingerprint density at radius 2 is 2.58 bits per heavy atom. The maximum atomic E-state index is 11.7. The van der Waals surface area contributed by atoms with E-state index in [1.807, 2.05) is 17.5 Å². The van der Waals surface area contributed by atoms with E-state index in [0.717, 1.165) is 5.00 Å². The average molecular weight is 282 g/mol. The number of anilines is 1. The second-order valence-corrected chi connectivity index (χ2v) is 4.76. The lowest BCUT2D eigenvalue weighted by Gasteiger charge is -2.10. The minimum absolute atomic E-state index is 0.150. The Hall–Kier alpha value is -2.02. The Morgan fingerprint density at radius 1 is 1.74 bits per heavy atom. The first kappa shape index (κ1) is 13.4. The van der Waals surface area contributed by atoms with Gasteiger partial charge in [0.25, 0.3) is 0 Å². The van der Waals surface area contributed by atoms with Crippen LogP contribution in [0.15, 0.2) is 30.2 Å². The third kappa shape index (κ3) is 3.47. The summed E-state index contributed by atoms with van der Waals surface area (Å²) >= 11 is 1.46. The fourth-order valence-corrected chi connectivity index (χ4v) is 2.34. The highest BCUT2D eigenvalue weighted by Crippen LogP contribution is 2.25. The normalized spacial score (nSPS) is 18.0. The lowest BCUT2D eigenvalue weighted by Crippen LogP contribution is -2.34. The molecule has 0 aliphatic carbocycles. The van der Waals surface area contributed by atoms with E-state index in [-0.39, 0.29) is 19.3 Å². The summed E-state index contributed by atoms with van der Waals surface area (Å²) in [7, 11) is 0. The summed E-state index contributed by atoms with van der Waals surface area (Å²) in [6, 6.07) is 3.71. The minimum Gasteiger partial charge on any atom is -0.445 e. The van der Waals surface area contributed by atoms with Crippen molar-refractivity contribution in [2.24, 2.45) is 0 Å². The molecule has 102 valence electrons. The van der Waals surface area contributed by atoms with Crippen molar-refractivity contribution in [1.29, 1.82) is 0 Å². The Kier molecular flexibility index (Phi) is 4.40. The van der Waals surface area contributed by atoms with Gasteiger partial charge in [-0.2, -0.15) is 0 Å². The van der Waals surface area contributed by atoms with Crippen molar-refractivity contribution >= 4 is 28.5 Å². The van der Waals surface area contributed by atoms with E-state index in [2.05, 4.69) is 11.9 Å². The van der Waals surface area contributed by atoms with Crippen LogP contribution in [0.5, 0.6) is 0 Å². The Balaban J connectivity index is 1.80. The molecule has 1 aromatic heterocycles. The van der Waals surface area contributed by atoms with Crippen molar-refractivity contribution in [1.82, 2.24) is 5.32 Å². The first-order valence-corrected chi connectivity index (χ1v) is 6.62. The zero-order valence-corrected chi connectivity index (χ0v) is 11.0. The molecule has 1 saturated heterocycles. The van der Waals surface area contributed by atoms with E-state index in [4.69, 9.17) is 9.47 Å². The molecule has 6 nitrogen and oxygen atoms in total. The molecule has 0 saturated carbocycles. The number of thiophene rings is 1. The van der Waals surface area contributed by atoms with Crippen LogP contribution in [0.1, 0.15) is 0 Å².